The number of fused-ring (bicyclic) bond motifs is 2. The van der Waals surface area contributed by atoms with Crippen LogP contribution >= 0.6 is 11.6 Å². The number of nitrogens with two attached hydrogens (primary N) is 1. The summed E-state index contributed by atoms with van der Waals surface area (Å²) in [5, 5.41) is 16.3. The molecule has 1 aliphatic rings. The van der Waals surface area contributed by atoms with Crippen molar-refractivity contribution in [3.8, 4) is 11.5 Å². The third kappa shape index (κ3) is 4.97. The zero-order chi connectivity index (χ0) is 30.6. The van der Waals surface area contributed by atoms with Crippen LogP contribution in [0.3, 0.4) is 0 Å². The summed E-state index contributed by atoms with van der Waals surface area (Å²) in [5.74, 6) is -6.61. The van der Waals surface area contributed by atoms with Crippen LogP contribution in [0.2, 0.25) is 5.02 Å². The minimum atomic E-state index is -5.73. The topological polar surface area (TPSA) is 149 Å². The number of carboxylic acids is 1. The fraction of sp³-hybridized carbons (Fsp3) is 0.308. The maximum atomic E-state index is 13.7. The summed E-state index contributed by atoms with van der Waals surface area (Å²) < 4.78 is 66.6. The van der Waals surface area contributed by atoms with Crippen molar-refractivity contribution in [1.82, 2.24) is 24.7 Å². The van der Waals surface area contributed by atoms with Crippen molar-refractivity contribution in [2.75, 3.05) is 11.1 Å². The zero-order valence-corrected chi connectivity index (χ0v) is 22.4. The molecule has 1 aromatic carbocycles. The number of amides is 1. The fourth-order valence-electron chi connectivity index (χ4n) is 4.75. The average molecular weight is 610 g/mol. The lowest BCUT2D eigenvalue weighted by atomic mass is 9.80. The third-order valence-corrected chi connectivity index (χ3v) is 7.30. The van der Waals surface area contributed by atoms with Gasteiger partial charge >= 0.3 is 18.1 Å². The first-order chi connectivity index (χ1) is 19.6. The number of nitrogens with one attached hydrogen (secondary N) is 1. The molecule has 1 aliphatic heterocycles. The standard InChI is InChI=1S/C26H21ClF5N7O3/c1-24(16-6-2-12(11-34-16)3-7-17(40)41)18-20(33)35-22(36-21(18)37-23(24)42)19-14-5-4-13(27)10-15(14)39(38-19)9-8-25(28,29)26(30,31)32/h2,4-6,10-11H,3,7-9H2,1H3,(H,40,41)(H3,33,35,36,37,42)/t24-/m0/s1. The monoisotopic (exact) mass is 609 g/mol. The summed E-state index contributed by atoms with van der Waals surface area (Å²) in [5.41, 5.74) is 6.27. The van der Waals surface area contributed by atoms with Gasteiger partial charge in [0.2, 0.25) is 5.91 Å². The van der Waals surface area contributed by atoms with E-state index in [2.05, 4.69) is 25.4 Å². The number of aliphatic carboxylic acids is 1. The number of nitrogens with zero attached hydrogens (tertiary/aromatic N) is 5. The Balaban J connectivity index is 1.54. The zero-order valence-electron chi connectivity index (χ0n) is 21.6. The molecule has 0 radical (unpaired) electrons. The highest BCUT2D eigenvalue weighted by atomic mass is 35.5. The Hall–Kier alpha value is -4.40. The normalized spacial score (nSPS) is 17.0. The Labute approximate surface area is 238 Å². The number of carbonyl (C=O) groups is 2. The Bertz CT molecular complexity index is 1730. The molecule has 1 atom stereocenters. The van der Waals surface area contributed by atoms with E-state index in [-0.39, 0.29) is 52.1 Å². The van der Waals surface area contributed by atoms with Crippen LogP contribution in [0.1, 0.15) is 36.6 Å². The number of aromatic nitrogens is 5. The van der Waals surface area contributed by atoms with Crippen LogP contribution in [0.25, 0.3) is 22.4 Å². The number of hydrogen-bond acceptors (Lipinski definition) is 7. The summed E-state index contributed by atoms with van der Waals surface area (Å²) in [6.45, 7) is 0.770. The van der Waals surface area contributed by atoms with Crippen LogP contribution in [0.5, 0.6) is 0 Å². The second-order valence-electron chi connectivity index (χ2n) is 9.87. The maximum Gasteiger partial charge on any atom is 0.453 e. The molecule has 10 nitrogen and oxygen atoms in total. The molecule has 4 N–H and O–H groups in total. The van der Waals surface area contributed by atoms with E-state index in [1.165, 1.54) is 24.4 Å². The highest BCUT2D eigenvalue weighted by Crippen LogP contribution is 2.45. The highest BCUT2D eigenvalue weighted by molar-refractivity contribution is 6.31. The molecule has 0 aliphatic carbocycles. The van der Waals surface area contributed by atoms with E-state index >= 15 is 0 Å². The van der Waals surface area contributed by atoms with Crippen molar-refractivity contribution in [2.45, 2.75) is 50.2 Å². The van der Waals surface area contributed by atoms with Crippen molar-refractivity contribution in [3.63, 3.8) is 0 Å². The molecule has 0 spiro atoms. The highest BCUT2D eigenvalue weighted by Gasteiger charge is 2.57. The van der Waals surface area contributed by atoms with Gasteiger partial charge in [0.1, 0.15) is 22.7 Å². The molecule has 0 fully saturated rings. The van der Waals surface area contributed by atoms with Gasteiger partial charge in [-0.1, -0.05) is 17.7 Å². The summed E-state index contributed by atoms with van der Waals surface area (Å²) in [7, 11) is 0. The number of carboxylic acid groups (broad SMARTS) is 1. The van der Waals surface area contributed by atoms with E-state index in [1.807, 2.05) is 0 Å². The second-order valence-corrected chi connectivity index (χ2v) is 10.3. The lowest BCUT2D eigenvalue weighted by molar-refractivity contribution is -0.285. The molecule has 5 rings (SSSR count). The number of halogens is 6. The summed E-state index contributed by atoms with van der Waals surface area (Å²) in [4.78, 5) is 37.2. The molecule has 42 heavy (non-hydrogen) atoms. The molecule has 0 bridgehead atoms. The van der Waals surface area contributed by atoms with Gasteiger partial charge in [-0.25, -0.2) is 9.97 Å². The summed E-state index contributed by atoms with van der Waals surface area (Å²) >= 11 is 6.06. The summed E-state index contributed by atoms with van der Waals surface area (Å²) in [6.07, 6.45) is -5.68. The molecule has 1 amide bonds. The van der Waals surface area contributed by atoms with Gasteiger partial charge in [-0.3, -0.25) is 19.3 Å². The lowest BCUT2D eigenvalue weighted by Gasteiger charge is -2.22. The Morgan fingerprint density at radius 2 is 1.90 bits per heavy atom. The Morgan fingerprint density at radius 1 is 1.17 bits per heavy atom. The number of aryl methyl sites for hydroxylation is 2. The van der Waals surface area contributed by atoms with Crippen molar-refractivity contribution in [2.24, 2.45) is 0 Å². The minimum absolute atomic E-state index is 0.0234. The van der Waals surface area contributed by atoms with E-state index in [9.17, 15) is 31.5 Å². The first-order valence-electron chi connectivity index (χ1n) is 12.4. The minimum Gasteiger partial charge on any atom is -0.481 e. The van der Waals surface area contributed by atoms with E-state index in [1.54, 1.807) is 19.1 Å². The van der Waals surface area contributed by atoms with Crippen molar-refractivity contribution < 1.29 is 36.6 Å². The van der Waals surface area contributed by atoms with Gasteiger partial charge < -0.3 is 16.2 Å². The van der Waals surface area contributed by atoms with Gasteiger partial charge in [0.15, 0.2) is 5.82 Å². The van der Waals surface area contributed by atoms with Crippen LogP contribution in [0, 0.1) is 0 Å². The van der Waals surface area contributed by atoms with Crippen LogP contribution in [-0.2, 0) is 28.0 Å². The fourth-order valence-corrected chi connectivity index (χ4v) is 4.91. The number of alkyl halides is 5. The van der Waals surface area contributed by atoms with Crippen molar-refractivity contribution >= 4 is 46.0 Å². The molecule has 3 aromatic heterocycles. The SMILES string of the molecule is C[C@@]1(c2ccc(CCC(=O)O)cn2)C(=O)Nc2nc(-c3nn(CCC(F)(F)C(F)(F)F)c4cc(Cl)ccc34)nc(N)c21. The molecule has 4 heterocycles. The third-order valence-electron chi connectivity index (χ3n) is 7.07. The first kappa shape index (κ1) is 29.1. The first-order valence-corrected chi connectivity index (χ1v) is 12.8. The van der Waals surface area contributed by atoms with Gasteiger partial charge in [-0.2, -0.15) is 27.1 Å². The van der Waals surface area contributed by atoms with E-state index < -0.39 is 42.4 Å². The molecule has 0 saturated carbocycles. The number of rotatable bonds is 8. The molecular formula is C26H21ClF5N7O3. The molecule has 220 valence electrons. The van der Waals surface area contributed by atoms with Gasteiger partial charge in [-0.15, -0.1) is 0 Å². The predicted octanol–water partition coefficient (Wildman–Crippen LogP) is 4.99. The van der Waals surface area contributed by atoms with Gasteiger partial charge in [0.05, 0.1) is 16.8 Å². The second kappa shape index (κ2) is 10.2. The Morgan fingerprint density at radius 3 is 2.55 bits per heavy atom. The smallest absolute Gasteiger partial charge is 0.453 e. The van der Waals surface area contributed by atoms with Crippen LogP contribution in [-0.4, -0.2) is 53.8 Å². The van der Waals surface area contributed by atoms with Gasteiger partial charge in [0.25, 0.3) is 0 Å². The largest absolute Gasteiger partial charge is 0.481 e. The quantitative estimate of drug-likeness (QED) is 0.237. The van der Waals surface area contributed by atoms with Gasteiger partial charge in [0, 0.05) is 36.0 Å². The van der Waals surface area contributed by atoms with E-state index in [0.717, 1.165) is 4.68 Å². The maximum absolute atomic E-state index is 13.7. The molecular weight excluding hydrogens is 589 g/mol. The average Bonchev–Trinajstić information content (AvgIpc) is 3.40. The number of hydrogen-bond donors (Lipinski definition) is 3. The molecule has 4 aromatic rings. The summed E-state index contributed by atoms with van der Waals surface area (Å²) in [6, 6.07) is 7.56. The number of pyridine rings is 1. The van der Waals surface area contributed by atoms with Crippen LogP contribution < -0.4 is 11.1 Å². The van der Waals surface area contributed by atoms with Gasteiger partial charge in [-0.05, 0) is 43.2 Å². The van der Waals surface area contributed by atoms with E-state index in [4.69, 9.17) is 22.4 Å². The predicted molar refractivity (Wildman–Crippen MR) is 141 cm³/mol. The number of nitrogen functional groups attached to an aromatic ring is 1. The van der Waals surface area contributed by atoms with Crippen molar-refractivity contribution in [1.29, 1.82) is 0 Å². The molecule has 0 saturated heterocycles. The number of benzene rings is 1. The number of carbonyl (C=O) groups excluding carboxylic acids is 1. The van der Waals surface area contributed by atoms with Crippen LogP contribution in [0.15, 0.2) is 36.5 Å². The molecule has 0 unspecified atom stereocenters. The molecule has 16 heteroatoms. The van der Waals surface area contributed by atoms with E-state index in [0.29, 0.717) is 16.6 Å². The van der Waals surface area contributed by atoms with Crippen LogP contribution in [0.4, 0.5) is 33.6 Å². The Kier molecular flexibility index (Phi) is 7.03. The number of anilines is 2. The lowest BCUT2D eigenvalue weighted by Crippen LogP contribution is -2.37. The van der Waals surface area contributed by atoms with Crippen molar-refractivity contribution in [3.05, 3.63) is 58.4 Å².